The molecular weight excluding hydrogens is 338 g/mol. The second-order valence-electron chi connectivity index (χ2n) is 6.03. The van der Waals surface area contributed by atoms with Gasteiger partial charge in [-0.25, -0.2) is 4.98 Å². The van der Waals surface area contributed by atoms with Crippen LogP contribution in [0.3, 0.4) is 0 Å². The largest absolute Gasteiger partial charge is 0.473 e. The average Bonchev–Trinajstić information content (AvgIpc) is 2.64. The van der Waals surface area contributed by atoms with Crippen LogP contribution in [-0.4, -0.2) is 28.0 Å². The molecule has 6 heteroatoms. The lowest BCUT2D eigenvalue weighted by Crippen LogP contribution is -2.39. The topological polar surface area (TPSA) is 64.1 Å². The minimum atomic E-state index is -0.0757. The monoisotopic (exact) mass is 357 g/mol. The highest BCUT2D eigenvalue weighted by Gasteiger charge is 2.23. The fourth-order valence-corrected chi connectivity index (χ4v) is 2.96. The lowest BCUT2D eigenvalue weighted by molar-refractivity contribution is -0.117. The second kappa shape index (κ2) is 8.62. The first-order valence-electron chi connectivity index (χ1n) is 8.36. The van der Waals surface area contributed by atoms with Crippen LogP contribution in [0.2, 0.25) is 5.02 Å². The van der Waals surface area contributed by atoms with Crippen molar-refractivity contribution in [2.24, 2.45) is 0 Å². The number of amides is 1. The van der Waals surface area contributed by atoms with Gasteiger partial charge in [-0.1, -0.05) is 23.7 Å². The first kappa shape index (κ1) is 17.4. The lowest BCUT2D eigenvalue weighted by atomic mass is 9.93. The molecule has 1 aliphatic rings. The Kier molecular flexibility index (Phi) is 6.01. The van der Waals surface area contributed by atoms with Gasteiger partial charge in [-0.15, -0.1) is 0 Å². The zero-order chi connectivity index (χ0) is 17.5. The van der Waals surface area contributed by atoms with Crippen LogP contribution in [0.15, 0.2) is 48.9 Å². The van der Waals surface area contributed by atoms with Crippen molar-refractivity contribution in [1.29, 1.82) is 0 Å². The quantitative estimate of drug-likeness (QED) is 0.829. The number of benzene rings is 1. The standard InChI is InChI=1S/C19H20ClN3O2/c20-15-4-1-14(2-5-15)3-10-18(24)23-16-6-8-17(9-7-16)25-19-13-21-11-12-22-19/h1-5,10-13,16-17H,6-9H2,(H,23,24)/b10-3+. The number of nitrogens with one attached hydrogen (secondary N) is 1. The minimum absolute atomic E-state index is 0.0757. The SMILES string of the molecule is O=C(/C=C/c1ccc(Cl)cc1)NC1CCC(Oc2cnccn2)CC1. The number of halogens is 1. The fraction of sp³-hybridized carbons (Fsp3) is 0.316. The van der Waals surface area contributed by atoms with Gasteiger partial charge < -0.3 is 10.1 Å². The molecule has 0 aliphatic heterocycles. The summed E-state index contributed by atoms with van der Waals surface area (Å²) in [7, 11) is 0. The summed E-state index contributed by atoms with van der Waals surface area (Å²) in [6.07, 6.45) is 11.9. The molecule has 1 aromatic heterocycles. The highest BCUT2D eigenvalue weighted by molar-refractivity contribution is 6.30. The van der Waals surface area contributed by atoms with E-state index < -0.39 is 0 Å². The van der Waals surface area contributed by atoms with Crippen molar-refractivity contribution in [2.45, 2.75) is 37.8 Å². The number of hydrogen-bond donors (Lipinski definition) is 1. The number of hydrogen-bond acceptors (Lipinski definition) is 4. The molecule has 2 aromatic rings. The van der Waals surface area contributed by atoms with Crippen molar-refractivity contribution < 1.29 is 9.53 Å². The van der Waals surface area contributed by atoms with Gasteiger partial charge in [-0.2, -0.15) is 0 Å². The Morgan fingerprint density at radius 1 is 1.16 bits per heavy atom. The van der Waals surface area contributed by atoms with E-state index in [4.69, 9.17) is 16.3 Å². The van der Waals surface area contributed by atoms with Crippen LogP contribution < -0.4 is 10.1 Å². The molecule has 1 fully saturated rings. The molecule has 25 heavy (non-hydrogen) atoms. The summed E-state index contributed by atoms with van der Waals surface area (Å²) < 4.78 is 5.81. The van der Waals surface area contributed by atoms with Gasteiger partial charge in [0.05, 0.1) is 6.20 Å². The Balaban J connectivity index is 1.42. The Labute approximate surface area is 152 Å². The Hall–Kier alpha value is -2.40. The number of carbonyl (C=O) groups excluding carboxylic acids is 1. The molecule has 1 heterocycles. The summed E-state index contributed by atoms with van der Waals surface area (Å²) in [6.45, 7) is 0. The molecule has 0 bridgehead atoms. The highest BCUT2D eigenvalue weighted by atomic mass is 35.5. The van der Waals surface area contributed by atoms with Crippen molar-refractivity contribution in [1.82, 2.24) is 15.3 Å². The molecule has 3 rings (SSSR count). The molecule has 1 saturated carbocycles. The molecule has 130 valence electrons. The van der Waals surface area contributed by atoms with Crippen molar-refractivity contribution in [2.75, 3.05) is 0 Å². The van der Waals surface area contributed by atoms with Crippen molar-refractivity contribution in [3.05, 3.63) is 59.5 Å². The molecule has 0 atom stereocenters. The first-order chi connectivity index (χ1) is 12.2. The molecule has 5 nitrogen and oxygen atoms in total. The van der Waals surface area contributed by atoms with Crippen molar-refractivity contribution in [3.63, 3.8) is 0 Å². The third-order valence-corrected chi connectivity index (χ3v) is 4.40. The maximum atomic E-state index is 12.1. The van der Waals surface area contributed by atoms with Crippen LogP contribution >= 0.6 is 11.6 Å². The van der Waals surface area contributed by atoms with Gasteiger partial charge in [0.1, 0.15) is 6.10 Å². The van der Waals surface area contributed by atoms with Gasteiger partial charge in [0.25, 0.3) is 0 Å². The van der Waals surface area contributed by atoms with Gasteiger partial charge in [0.2, 0.25) is 11.8 Å². The van der Waals surface area contributed by atoms with Crippen molar-refractivity contribution >= 4 is 23.6 Å². The van der Waals surface area contributed by atoms with Crippen LogP contribution in [0.1, 0.15) is 31.2 Å². The van der Waals surface area contributed by atoms with Crippen LogP contribution in [0.5, 0.6) is 5.88 Å². The van der Waals surface area contributed by atoms with Crippen LogP contribution in [0.25, 0.3) is 6.08 Å². The molecule has 1 amide bonds. The Bertz CT molecular complexity index is 711. The van der Waals surface area contributed by atoms with Crippen LogP contribution in [0.4, 0.5) is 0 Å². The number of rotatable bonds is 5. The van der Waals surface area contributed by atoms with Gasteiger partial charge in [0.15, 0.2) is 0 Å². The summed E-state index contributed by atoms with van der Waals surface area (Å²) in [5.41, 5.74) is 0.945. The summed E-state index contributed by atoms with van der Waals surface area (Å²) >= 11 is 5.85. The summed E-state index contributed by atoms with van der Waals surface area (Å²) in [6, 6.07) is 7.54. The van der Waals surface area contributed by atoms with E-state index in [1.165, 1.54) is 0 Å². The zero-order valence-corrected chi connectivity index (χ0v) is 14.5. The second-order valence-corrected chi connectivity index (χ2v) is 6.47. The predicted molar refractivity (Wildman–Crippen MR) is 97.3 cm³/mol. The maximum Gasteiger partial charge on any atom is 0.244 e. The van der Waals surface area contributed by atoms with Gasteiger partial charge >= 0.3 is 0 Å². The molecule has 0 saturated heterocycles. The summed E-state index contributed by atoms with van der Waals surface area (Å²) in [5, 5.41) is 3.73. The number of nitrogens with zero attached hydrogens (tertiary/aromatic N) is 2. The van der Waals surface area contributed by atoms with E-state index in [2.05, 4.69) is 15.3 Å². The number of ether oxygens (including phenoxy) is 1. The lowest BCUT2D eigenvalue weighted by Gasteiger charge is -2.28. The van der Waals surface area contributed by atoms with E-state index in [-0.39, 0.29) is 18.1 Å². The van der Waals surface area contributed by atoms with E-state index in [0.29, 0.717) is 10.9 Å². The van der Waals surface area contributed by atoms with Gasteiger partial charge in [0, 0.05) is 29.5 Å². The minimum Gasteiger partial charge on any atom is -0.473 e. The normalized spacial score (nSPS) is 20.4. The predicted octanol–water partition coefficient (Wildman–Crippen LogP) is 3.65. The number of carbonyl (C=O) groups is 1. The molecule has 0 spiro atoms. The smallest absolute Gasteiger partial charge is 0.244 e. The van der Waals surface area contributed by atoms with Crippen LogP contribution in [-0.2, 0) is 4.79 Å². The Morgan fingerprint density at radius 3 is 2.60 bits per heavy atom. The Morgan fingerprint density at radius 2 is 1.92 bits per heavy atom. The zero-order valence-electron chi connectivity index (χ0n) is 13.8. The third kappa shape index (κ3) is 5.57. The highest BCUT2D eigenvalue weighted by Crippen LogP contribution is 2.22. The van der Waals surface area contributed by atoms with E-state index in [0.717, 1.165) is 31.2 Å². The fourth-order valence-electron chi connectivity index (χ4n) is 2.84. The van der Waals surface area contributed by atoms with E-state index in [1.807, 2.05) is 12.1 Å². The van der Waals surface area contributed by atoms with Crippen molar-refractivity contribution in [3.8, 4) is 5.88 Å². The summed E-state index contributed by atoms with van der Waals surface area (Å²) in [4.78, 5) is 20.2. The van der Waals surface area contributed by atoms with E-state index in [1.54, 1.807) is 42.9 Å². The summed E-state index contributed by atoms with van der Waals surface area (Å²) in [5.74, 6) is 0.481. The molecular formula is C19H20ClN3O2. The van der Waals surface area contributed by atoms with E-state index in [9.17, 15) is 4.79 Å². The molecule has 0 radical (unpaired) electrons. The van der Waals surface area contributed by atoms with E-state index >= 15 is 0 Å². The number of aromatic nitrogens is 2. The molecule has 1 N–H and O–H groups in total. The third-order valence-electron chi connectivity index (χ3n) is 4.14. The molecule has 1 aromatic carbocycles. The van der Waals surface area contributed by atoms with Crippen LogP contribution in [0, 0.1) is 0 Å². The first-order valence-corrected chi connectivity index (χ1v) is 8.73. The molecule has 1 aliphatic carbocycles. The van der Waals surface area contributed by atoms with Gasteiger partial charge in [-0.3, -0.25) is 9.78 Å². The van der Waals surface area contributed by atoms with Gasteiger partial charge in [-0.05, 0) is 49.5 Å². The maximum absolute atomic E-state index is 12.1. The molecule has 0 unspecified atom stereocenters. The average molecular weight is 358 g/mol.